The van der Waals surface area contributed by atoms with Crippen molar-refractivity contribution in [2.75, 3.05) is 30.5 Å². The summed E-state index contributed by atoms with van der Waals surface area (Å²) in [6, 6.07) is 0.229. The molecule has 102 valence electrons. The zero-order valence-corrected chi connectivity index (χ0v) is 10.9. The summed E-state index contributed by atoms with van der Waals surface area (Å²) in [6.45, 7) is 7.49. The highest BCUT2D eigenvalue weighted by atomic mass is 16.5. The third-order valence-electron chi connectivity index (χ3n) is 2.02. The second-order valence-electron chi connectivity index (χ2n) is 3.49. The van der Waals surface area contributed by atoms with Crippen LogP contribution in [-0.2, 0) is 4.74 Å². The monoisotopic (exact) mass is 256 g/mol. The van der Waals surface area contributed by atoms with Crippen LogP contribution in [0.4, 0.5) is 11.9 Å². The molecule has 8 heteroatoms. The minimum absolute atomic E-state index is 0.0663. The predicted molar refractivity (Wildman–Crippen MR) is 68.4 cm³/mol. The average Bonchev–Trinajstić information content (AvgIpc) is 2.37. The van der Waals surface area contributed by atoms with Gasteiger partial charge in [-0.2, -0.15) is 15.0 Å². The maximum Gasteiger partial charge on any atom is 0.323 e. The van der Waals surface area contributed by atoms with Crippen molar-refractivity contribution in [1.29, 1.82) is 0 Å². The molecule has 0 saturated carbocycles. The first-order valence-electron chi connectivity index (χ1n) is 5.90. The minimum Gasteiger partial charge on any atom is -0.464 e. The highest BCUT2D eigenvalue weighted by Crippen LogP contribution is 2.10. The van der Waals surface area contributed by atoms with Crippen LogP contribution in [0.3, 0.4) is 0 Å². The molecule has 1 aromatic heterocycles. The summed E-state index contributed by atoms with van der Waals surface area (Å²) in [6.07, 6.45) is 0.0663. The molecule has 1 heterocycles. The first kappa shape index (κ1) is 14.4. The Morgan fingerprint density at radius 3 is 2.50 bits per heavy atom. The smallest absolute Gasteiger partial charge is 0.323 e. The molecular weight excluding hydrogens is 236 g/mol. The molecule has 0 spiro atoms. The van der Waals surface area contributed by atoms with Crippen LogP contribution in [0.25, 0.3) is 0 Å². The molecule has 1 aromatic rings. The summed E-state index contributed by atoms with van der Waals surface area (Å²) >= 11 is 0. The number of anilines is 2. The summed E-state index contributed by atoms with van der Waals surface area (Å²) in [5.74, 6) is 5.92. The fourth-order valence-corrected chi connectivity index (χ4v) is 1.27. The maximum atomic E-state index is 5.39. The van der Waals surface area contributed by atoms with Crippen LogP contribution < -0.4 is 21.3 Å². The number of ether oxygens (including phenoxy) is 2. The molecule has 0 aromatic carbocycles. The Hall–Kier alpha value is -1.67. The molecule has 0 amide bonds. The van der Waals surface area contributed by atoms with Crippen molar-refractivity contribution < 1.29 is 9.47 Å². The van der Waals surface area contributed by atoms with Crippen LogP contribution in [0.5, 0.6) is 6.01 Å². The van der Waals surface area contributed by atoms with Crippen LogP contribution in [0.1, 0.15) is 20.8 Å². The van der Waals surface area contributed by atoms with Gasteiger partial charge in [0, 0.05) is 13.2 Å². The molecule has 0 radical (unpaired) electrons. The molecule has 0 aliphatic carbocycles. The molecule has 4 N–H and O–H groups in total. The van der Waals surface area contributed by atoms with E-state index in [1.807, 2.05) is 20.8 Å². The summed E-state index contributed by atoms with van der Waals surface area (Å²) < 4.78 is 10.6. The summed E-state index contributed by atoms with van der Waals surface area (Å²) in [4.78, 5) is 12.1. The van der Waals surface area contributed by atoms with Gasteiger partial charge in [0.2, 0.25) is 11.9 Å². The van der Waals surface area contributed by atoms with E-state index in [0.29, 0.717) is 25.7 Å². The zero-order chi connectivity index (χ0) is 13.4. The van der Waals surface area contributed by atoms with Gasteiger partial charge in [-0.1, -0.05) is 0 Å². The number of nitrogens with one attached hydrogen (secondary N) is 2. The number of hydrazine groups is 1. The Morgan fingerprint density at radius 2 is 1.89 bits per heavy atom. The lowest BCUT2D eigenvalue weighted by Gasteiger charge is -2.13. The zero-order valence-electron chi connectivity index (χ0n) is 10.9. The van der Waals surface area contributed by atoms with Gasteiger partial charge in [-0.3, -0.25) is 5.43 Å². The average molecular weight is 256 g/mol. The molecule has 0 fully saturated rings. The standard InChI is InChI=1S/C10H20N6O2/c1-4-17-7(3)6-12-8-13-9(16-11)15-10(14-8)18-5-2/h7H,4-6,11H2,1-3H3,(H2,12,13,14,15,16). The van der Waals surface area contributed by atoms with Gasteiger partial charge in [0.25, 0.3) is 0 Å². The van der Waals surface area contributed by atoms with Crippen molar-refractivity contribution in [3.05, 3.63) is 0 Å². The minimum atomic E-state index is 0.0663. The van der Waals surface area contributed by atoms with E-state index in [9.17, 15) is 0 Å². The Balaban J connectivity index is 2.65. The molecule has 0 aliphatic heterocycles. The van der Waals surface area contributed by atoms with Crippen molar-refractivity contribution in [3.63, 3.8) is 0 Å². The molecule has 0 aliphatic rings. The highest BCUT2D eigenvalue weighted by molar-refractivity contribution is 5.34. The van der Waals surface area contributed by atoms with E-state index in [4.69, 9.17) is 15.3 Å². The number of nitrogens with two attached hydrogens (primary N) is 1. The molecule has 0 bridgehead atoms. The second kappa shape index (κ2) is 7.62. The lowest BCUT2D eigenvalue weighted by Crippen LogP contribution is -2.22. The number of rotatable bonds is 8. The first-order valence-corrected chi connectivity index (χ1v) is 5.90. The SMILES string of the molecule is CCOc1nc(NN)nc(NCC(C)OCC)n1. The molecule has 18 heavy (non-hydrogen) atoms. The van der Waals surface area contributed by atoms with Gasteiger partial charge >= 0.3 is 6.01 Å². The lowest BCUT2D eigenvalue weighted by molar-refractivity contribution is 0.0854. The Kier molecular flexibility index (Phi) is 6.09. The van der Waals surface area contributed by atoms with Gasteiger partial charge in [0.05, 0.1) is 12.7 Å². The van der Waals surface area contributed by atoms with E-state index >= 15 is 0 Å². The molecule has 1 unspecified atom stereocenters. The second-order valence-corrected chi connectivity index (χ2v) is 3.49. The number of aromatic nitrogens is 3. The third kappa shape index (κ3) is 4.68. The van der Waals surface area contributed by atoms with Gasteiger partial charge in [0.1, 0.15) is 0 Å². The number of nitrogens with zero attached hydrogens (tertiary/aromatic N) is 3. The fourth-order valence-electron chi connectivity index (χ4n) is 1.27. The van der Waals surface area contributed by atoms with Gasteiger partial charge in [-0.05, 0) is 20.8 Å². The number of hydrogen-bond acceptors (Lipinski definition) is 8. The van der Waals surface area contributed by atoms with Crippen molar-refractivity contribution in [2.24, 2.45) is 5.84 Å². The van der Waals surface area contributed by atoms with Crippen LogP contribution in [0, 0.1) is 0 Å². The fraction of sp³-hybridized carbons (Fsp3) is 0.700. The van der Waals surface area contributed by atoms with Gasteiger partial charge in [0.15, 0.2) is 0 Å². The van der Waals surface area contributed by atoms with Crippen molar-refractivity contribution in [2.45, 2.75) is 26.9 Å². The largest absolute Gasteiger partial charge is 0.464 e. The Morgan fingerprint density at radius 1 is 1.17 bits per heavy atom. The summed E-state index contributed by atoms with van der Waals surface area (Å²) in [5.41, 5.74) is 2.37. The first-order chi connectivity index (χ1) is 8.69. The molecular formula is C10H20N6O2. The van der Waals surface area contributed by atoms with Crippen LogP contribution in [-0.4, -0.2) is 40.8 Å². The quantitative estimate of drug-likeness (QED) is 0.453. The molecule has 0 saturated heterocycles. The molecule has 1 atom stereocenters. The summed E-state index contributed by atoms with van der Waals surface area (Å²) in [7, 11) is 0. The molecule has 1 rings (SSSR count). The van der Waals surface area contributed by atoms with Gasteiger partial charge in [-0.25, -0.2) is 5.84 Å². The third-order valence-corrected chi connectivity index (χ3v) is 2.02. The predicted octanol–water partition coefficient (Wildman–Crippen LogP) is 0.393. The lowest BCUT2D eigenvalue weighted by atomic mass is 10.4. The van der Waals surface area contributed by atoms with Crippen LogP contribution in [0.15, 0.2) is 0 Å². The number of nitrogen functional groups attached to an aromatic ring is 1. The van der Waals surface area contributed by atoms with E-state index in [0.717, 1.165) is 0 Å². The van der Waals surface area contributed by atoms with E-state index in [1.54, 1.807) is 0 Å². The van der Waals surface area contributed by atoms with Crippen molar-refractivity contribution >= 4 is 11.9 Å². The normalized spacial score (nSPS) is 12.0. The summed E-state index contributed by atoms with van der Waals surface area (Å²) in [5, 5.41) is 3.04. The van der Waals surface area contributed by atoms with Crippen LogP contribution >= 0.6 is 0 Å². The highest BCUT2D eigenvalue weighted by Gasteiger charge is 2.07. The Labute approximate surface area is 106 Å². The number of hydrogen-bond donors (Lipinski definition) is 3. The topological polar surface area (TPSA) is 107 Å². The van der Waals surface area contributed by atoms with E-state index in [2.05, 4.69) is 25.7 Å². The van der Waals surface area contributed by atoms with Crippen molar-refractivity contribution in [1.82, 2.24) is 15.0 Å². The van der Waals surface area contributed by atoms with Gasteiger partial charge in [-0.15, -0.1) is 0 Å². The van der Waals surface area contributed by atoms with E-state index in [1.165, 1.54) is 0 Å². The van der Waals surface area contributed by atoms with Gasteiger partial charge < -0.3 is 14.8 Å². The Bertz CT molecular complexity index is 362. The van der Waals surface area contributed by atoms with Crippen LogP contribution in [0.2, 0.25) is 0 Å². The van der Waals surface area contributed by atoms with Crippen molar-refractivity contribution in [3.8, 4) is 6.01 Å². The van der Waals surface area contributed by atoms with E-state index < -0.39 is 0 Å². The van der Waals surface area contributed by atoms with E-state index in [-0.39, 0.29) is 18.1 Å². The molecule has 8 nitrogen and oxygen atoms in total. The maximum absolute atomic E-state index is 5.39.